The lowest BCUT2D eigenvalue weighted by Crippen LogP contribution is -2.31. The van der Waals surface area contributed by atoms with Crippen LogP contribution >= 0.6 is 0 Å². The van der Waals surface area contributed by atoms with Crippen LogP contribution in [0.3, 0.4) is 0 Å². The van der Waals surface area contributed by atoms with Gasteiger partial charge in [-0.25, -0.2) is 4.79 Å². The molecule has 1 N–H and O–H groups in total. The van der Waals surface area contributed by atoms with Crippen molar-refractivity contribution in [3.05, 3.63) is 12.2 Å². The van der Waals surface area contributed by atoms with Gasteiger partial charge in [-0.05, 0) is 12.8 Å². The second-order valence-corrected chi connectivity index (χ2v) is 3.00. The Bertz CT molecular complexity index is 217. The minimum atomic E-state index is -1.09. The minimum absolute atomic E-state index is 0.226. The molecule has 0 rings (SSSR count). The Morgan fingerprint density at radius 2 is 1.64 bits per heavy atom. The van der Waals surface area contributed by atoms with Crippen molar-refractivity contribution < 1.29 is 14.7 Å². The van der Waals surface area contributed by atoms with Crippen LogP contribution in [0.4, 0.5) is 0 Å². The highest BCUT2D eigenvalue weighted by Crippen LogP contribution is 1.96. The van der Waals surface area contributed by atoms with Gasteiger partial charge < -0.3 is 10.0 Å². The van der Waals surface area contributed by atoms with E-state index in [9.17, 15) is 9.59 Å². The van der Waals surface area contributed by atoms with E-state index in [2.05, 4.69) is 0 Å². The molecular weight excluding hydrogens is 182 g/mol. The van der Waals surface area contributed by atoms with E-state index in [-0.39, 0.29) is 5.91 Å². The summed E-state index contributed by atoms with van der Waals surface area (Å²) in [6.07, 6.45) is 3.74. The molecule has 0 saturated carbocycles. The summed E-state index contributed by atoms with van der Waals surface area (Å²) in [4.78, 5) is 23.2. The van der Waals surface area contributed by atoms with Crippen molar-refractivity contribution in [3.63, 3.8) is 0 Å². The third-order valence-electron chi connectivity index (χ3n) is 1.67. The number of rotatable bonds is 6. The van der Waals surface area contributed by atoms with Gasteiger partial charge in [-0.2, -0.15) is 0 Å². The van der Waals surface area contributed by atoms with Gasteiger partial charge in [-0.1, -0.05) is 13.8 Å². The zero-order valence-corrected chi connectivity index (χ0v) is 8.69. The summed E-state index contributed by atoms with van der Waals surface area (Å²) in [5.41, 5.74) is 0. The number of carbonyl (C=O) groups excluding carboxylic acids is 1. The maximum absolute atomic E-state index is 11.4. The summed E-state index contributed by atoms with van der Waals surface area (Å²) in [5.74, 6) is -1.32. The topological polar surface area (TPSA) is 57.6 Å². The molecule has 0 saturated heterocycles. The molecule has 0 radical (unpaired) electrons. The largest absolute Gasteiger partial charge is 0.478 e. The van der Waals surface area contributed by atoms with Crippen LogP contribution in [0, 0.1) is 0 Å². The van der Waals surface area contributed by atoms with Crippen LogP contribution in [0.25, 0.3) is 0 Å². The molecule has 80 valence electrons. The summed E-state index contributed by atoms with van der Waals surface area (Å²) < 4.78 is 0. The van der Waals surface area contributed by atoms with E-state index in [0.717, 1.165) is 25.0 Å². The molecule has 1 amide bonds. The van der Waals surface area contributed by atoms with Gasteiger partial charge >= 0.3 is 5.97 Å². The number of aliphatic carboxylic acids is 1. The standard InChI is InChI=1S/C10H17NO3/c1-3-7-11(8-4-2)9(12)5-6-10(13)14/h5-6H,3-4,7-8H2,1-2H3,(H,13,14). The molecule has 14 heavy (non-hydrogen) atoms. The highest BCUT2D eigenvalue weighted by atomic mass is 16.4. The third kappa shape index (κ3) is 5.35. The molecule has 0 aromatic heterocycles. The second kappa shape index (κ2) is 7.12. The van der Waals surface area contributed by atoms with E-state index in [1.807, 2.05) is 13.8 Å². The van der Waals surface area contributed by atoms with Gasteiger partial charge in [0.25, 0.3) is 0 Å². The van der Waals surface area contributed by atoms with Crippen molar-refractivity contribution in [2.24, 2.45) is 0 Å². The van der Waals surface area contributed by atoms with Gasteiger partial charge in [-0.3, -0.25) is 4.79 Å². The lowest BCUT2D eigenvalue weighted by atomic mass is 10.3. The molecule has 0 unspecified atom stereocenters. The molecule has 0 aliphatic rings. The maximum atomic E-state index is 11.4. The lowest BCUT2D eigenvalue weighted by molar-refractivity contribution is -0.132. The number of amides is 1. The van der Waals surface area contributed by atoms with Crippen LogP contribution in [-0.4, -0.2) is 35.0 Å². The maximum Gasteiger partial charge on any atom is 0.328 e. The van der Waals surface area contributed by atoms with E-state index in [1.165, 1.54) is 0 Å². The Morgan fingerprint density at radius 3 is 2.00 bits per heavy atom. The molecule has 0 atom stereocenters. The zero-order valence-electron chi connectivity index (χ0n) is 8.69. The predicted octanol–water partition coefficient (Wildman–Crippen LogP) is 1.28. The first kappa shape index (κ1) is 12.7. The quantitative estimate of drug-likeness (QED) is 0.655. The first-order valence-corrected chi connectivity index (χ1v) is 4.81. The Labute approximate surface area is 84.2 Å². The average Bonchev–Trinajstić information content (AvgIpc) is 2.14. The summed E-state index contributed by atoms with van der Waals surface area (Å²) in [7, 11) is 0. The third-order valence-corrected chi connectivity index (χ3v) is 1.67. The molecule has 0 aromatic carbocycles. The van der Waals surface area contributed by atoms with Crippen LogP contribution < -0.4 is 0 Å². The molecule has 0 bridgehead atoms. The number of carbonyl (C=O) groups is 2. The van der Waals surface area contributed by atoms with E-state index in [1.54, 1.807) is 4.90 Å². The first-order valence-electron chi connectivity index (χ1n) is 4.81. The first-order chi connectivity index (χ1) is 6.61. The highest BCUT2D eigenvalue weighted by Gasteiger charge is 2.07. The molecular formula is C10H17NO3. The van der Waals surface area contributed by atoms with Gasteiger partial charge in [0.15, 0.2) is 0 Å². The van der Waals surface area contributed by atoms with Crippen molar-refractivity contribution in [1.29, 1.82) is 0 Å². The molecule has 4 heteroatoms. The van der Waals surface area contributed by atoms with Crippen LogP contribution in [-0.2, 0) is 9.59 Å². The number of carboxylic acids is 1. The number of nitrogens with zero attached hydrogens (tertiary/aromatic N) is 1. The summed E-state index contributed by atoms with van der Waals surface area (Å²) in [6, 6.07) is 0. The summed E-state index contributed by atoms with van der Waals surface area (Å²) in [5, 5.41) is 8.35. The molecule has 0 aromatic rings. The minimum Gasteiger partial charge on any atom is -0.478 e. The van der Waals surface area contributed by atoms with Crippen LogP contribution in [0.1, 0.15) is 26.7 Å². The summed E-state index contributed by atoms with van der Waals surface area (Å²) in [6.45, 7) is 5.32. The Morgan fingerprint density at radius 1 is 1.14 bits per heavy atom. The van der Waals surface area contributed by atoms with Gasteiger partial charge in [0, 0.05) is 25.2 Å². The number of hydrogen-bond donors (Lipinski definition) is 1. The number of hydrogen-bond acceptors (Lipinski definition) is 2. The predicted molar refractivity (Wildman–Crippen MR) is 53.9 cm³/mol. The fraction of sp³-hybridized carbons (Fsp3) is 0.600. The van der Waals surface area contributed by atoms with E-state index < -0.39 is 5.97 Å². The van der Waals surface area contributed by atoms with Crippen molar-refractivity contribution >= 4 is 11.9 Å². The normalized spacial score (nSPS) is 10.4. The Balaban J connectivity index is 4.20. The van der Waals surface area contributed by atoms with Crippen molar-refractivity contribution in [1.82, 2.24) is 4.90 Å². The van der Waals surface area contributed by atoms with Crippen LogP contribution in [0.15, 0.2) is 12.2 Å². The fourth-order valence-corrected chi connectivity index (χ4v) is 1.12. The van der Waals surface area contributed by atoms with Crippen LogP contribution in [0.5, 0.6) is 0 Å². The molecule has 0 heterocycles. The van der Waals surface area contributed by atoms with Crippen molar-refractivity contribution in [2.75, 3.05) is 13.1 Å². The smallest absolute Gasteiger partial charge is 0.328 e. The summed E-state index contributed by atoms with van der Waals surface area (Å²) >= 11 is 0. The van der Waals surface area contributed by atoms with Crippen molar-refractivity contribution in [3.8, 4) is 0 Å². The van der Waals surface area contributed by atoms with Crippen LogP contribution in [0.2, 0.25) is 0 Å². The molecule has 4 nitrogen and oxygen atoms in total. The lowest BCUT2D eigenvalue weighted by Gasteiger charge is -2.19. The second-order valence-electron chi connectivity index (χ2n) is 3.00. The molecule has 0 aliphatic heterocycles. The van der Waals surface area contributed by atoms with E-state index in [4.69, 9.17) is 5.11 Å². The van der Waals surface area contributed by atoms with Gasteiger partial charge in [0.2, 0.25) is 5.91 Å². The Hall–Kier alpha value is -1.32. The van der Waals surface area contributed by atoms with Gasteiger partial charge in [0.1, 0.15) is 0 Å². The SMILES string of the molecule is CCCN(CCC)C(=O)C=CC(=O)O. The molecule has 0 spiro atoms. The number of carboxylic acid groups (broad SMARTS) is 1. The van der Waals surface area contributed by atoms with Crippen molar-refractivity contribution in [2.45, 2.75) is 26.7 Å². The van der Waals surface area contributed by atoms with Gasteiger partial charge in [-0.15, -0.1) is 0 Å². The fourth-order valence-electron chi connectivity index (χ4n) is 1.12. The highest BCUT2D eigenvalue weighted by molar-refractivity contribution is 5.93. The van der Waals surface area contributed by atoms with E-state index in [0.29, 0.717) is 13.1 Å². The average molecular weight is 199 g/mol. The van der Waals surface area contributed by atoms with Gasteiger partial charge in [0.05, 0.1) is 0 Å². The monoisotopic (exact) mass is 199 g/mol. The molecule has 0 fully saturated rings. The van der Waals surface area contributed by atoms with E-state index >= 15 is 0 Å². The molecule has 0 aliphatic carbocycles. The Kier molecular flexibility index (Phi) is 6.45. The zero-order chi connectivity index (χ0) is 11.0.